The zero-order valence-corrected chi connectivity index (χ0v) is 16.3. The van der Waals surface area contributed by atoms with Crippen molar-refractivity contribution in [2.45, 2.75) is 25.4 Å². The van der Waals surface area contributed by atoms with Crippen LogP contribution in [0, 0.1) is 0 Å². The fraction of sp³-hybridized carbons (Fsp3) is 0.364. The monoisotopic (exact) mass is 393 g/mol. The number of hydrogen-bond donors (Lipinski definition) is 0. The first kappa shape index (κ1) is 18.0. The molecule has 3 heterocycles. The van der Waals surface area contributed by atoms with E-state index in [1.54, 1.807) is 7.11 Å². The topological polar surface area (TPSA) is 69.9 Å². The number of para-hydroxylation sites is 1. The number of rotatable bonds is 5. The maximum atomic E-state index is 5.76. The summed E-state index contributed by atoms with van der Waals surface area (Å²) in [7, 11) is 1.64. The molecule has 1 unspecified atom stereocenters. The Balaban J connectivity index is 1.35. The van der Waals surface area contributed by atoms with Gasteiger partial charge in [0.05, 0.1) is 19.2 Å². The smallest absolute Gasteiger partial charge is 0.241 e. The third-order valence-corrected chi connectivity index (χ3v) is 5.47. The molecule has 7 nitrogen and oxygen atoms in total. The Hall–Kier alpha value is -3.06. The molecule has 0 bridgehead atoms. The number of fused-ring (bicyclic) bond motifs is 1. The van der Waals surface area contributed by atoms with Gasteiger partial charge in [-0.2, -0.15) is 4.98 Å². The van der Waals surface area contributed by atoms with Gasteiger partial charge in [-0.25, -0.2) is 0 Å². The van der Waals surface area contributed by atoms with E-state index in [4.69, 9.17) is 18.7 Å². The van der Waals surface area contributed by atoms with E-state index in [2.05, 4.69) is 27.2 Å². The summed E-state index contributed by atoms with van der Waals surface area (Å²) < 4.78 is 22.4. The van der Waals surface area contributed by atoms with Gasteiger partial charge < -0.3 is 18.7 Å². The second-order valence-electron chi connectivity index (χ2n) is 7.24. The minimum atomic E-state index is 0.299. The summed E-state index contributed by atoms with van der Waals surface area (Å²) in [4.78, 5) is 6.99. The summed E-state index contributed by atoms with van der Waals surface area (Å²) in [6.45, 7) is 2.80. The first-order valence-corrected chi connectivity index (χ1v) is 9.91. The quantitative estimate of drug-likeness (QED) is 0.652. The van der Waals surface area contributed by atoms with E-state index in [1.165, 1.54) is 5.56 Å². The molecule has 0 N–H and O–H groups in total. The van der Waals surface area contributed by atoms with Crippen LogP contribution < -0.4 is 14.2 Å². The molecule has 3 aromatic rings. The molecule has 0 amide bonds. The fourth-order valence-electron chi connectivity index (χ4n) is 4.09. The summed E-state index contributed by atoms with van der Waals surface area (Å²) in [5.41, 5.74) is 2.06. The summed E-state index contributed by atoms with van der Waals surface area (Å²) >= 11 is 0. The zero-order valence-electron chi connectivity index (χ0n) is 16.3. The Morgan fingerprint density at radius 1 is 1.10 bits per heavy atom. The minimum Gasteiger partial charge on any atom is -0.496 e. The molecule has 7 heteroatoms. The van der Waals surface area contributed by atoms with Crippen LogP contribution in [0.2, 0.25) is 0 Å². The summed E-state index contributed by atoms with van der Waals surface area (Å²) in [6, 6.07) is 14.2. The first-order chi connectivity index (χ1) is 14.3. The number of likely N-dealkylation sites (tertiary alicyclic amines) is 1. The van der Waals surface area contributed by atoms with Crippen molar-refractivity contribution in [3.8, 4) is 28.6 Å². The van der Waals surface area contributed by atoms with Crippen LogP contribution in [0.4, 0.5) is 0 Å². The SMILES string of the molecule is COc1ccccc1-c1noc(CN2CCCC2c2ccc3c(c2)OCCO3)n1. The molecule has 1 fully saturated rings. The highest BCUT2D eigenvalue weighted by molar-refractivity contribution is 5.63. The van der Waals surface area contributed by atoms with Gasteiger partial charge in [-0.3, -0.25) is 4.90 Å². The molecule has 1 saturated heterocycles. The molecule has 150 valence electrons. The Labute approximate surface area is 169 Å². The van der Waals surface area contributed by atoms with Crippen LogP contribution in [0.5, 0.6) is 17.2 Å². The Morgan fingerprint density at radius 2 is 1.97 bits per heavy atom. The van der Waals surface area contributed by atoms with E-state index in [1.807, 2.05) is 30.3 Å². The number of methoxy groups -OCH3 is 1. The lowest BCUT2D eigenvalue weighted by Gasteiger charge is -2.25. The zero-order chi connectivity index (χ0) is 19.6. The van der Waals surface area contributed by atoms with E-state index < -0.39 is 0 Å². The van der Waals surface area contributed by atoms with Crippen LogP contribution >= 0.6 is 0 Å². The van der Waals surface area contributed by atoms with E-state index in [0.717, 1.165) is 42.2 Å². The molecule has 29 heavy (non-hydrogen) atoms. The molecule has 0 spiro atoms. The molecule has 0 aliphatic carbocycles. The fourth-order valence-corrected chi connectivity index (χ4v) is 4.09. The predicted octanol–water partition coefficient (Wildman–Crippen LogP) is 3.85. The molecule has 1 atom stereocenters. The van der Waals surface area contributed by atoms with Crippen molar-refractivity contribution in [2.24, 2.45) is 0 Å². The van der Waals surface area contributed by atoms with Gasteiger partial charge in [-0.05, 0) is 49.2 Å². The van der Waals surface area contributed by atoms with Gasteiger partial charge >= 0.3 is 0 Å². The second kappa shape index (κ2) is 7.75. The van der Waals surface area contributed by atoms with E-state index in [9.17, 15) is 0 Å². The summed E-state index contributed by atoms with van der Waals surface area (Å²) in [5.74, 6) is 3.54. The number of aromatic nitrogens is 2. The van der Waals surface area contributed by atoms with Crippen molar-refractivity contribution < 1.29 is 18.7 Å². The number of nitrogens with zero attached hydrogens (tertiary/aromatic N) is 3. The van der Waals surface area contributed by atoms with E-state index in [-0.39, 0.29) is 0 Å². The molecular formula is C22H23N3O4. The Morgan fingerprint density at radius 3 is 2.86 bits per heavy atom. The lowest BCUT2D eigenvalue weighted by Crippen LogP contribution is -2.23. The average Bonchev–Trinajstić information content (AvgIpc) is 3.43. The normalized spacial score (nSPS) is 18.7. The van der Waals surface area contributed by atoms with Crippen molar-refractivity contribution >= 4 is 0 Å². The van der Waals surface area contributed by atoms with E-state index in [0.29, 0.717) is 37.5 Å². The maximum absolute atomic E-state index is 5.76. The Kier molecular flexibility index (Phi) is 4.81. The minimum absolute atomic E-state index is 0.299. The molecule has 1 aromatic heterocycles. The van der Waals surface area contributed by atoms with Crippen LogP contribution in [-0.2, 0) is 6.54 Å². The van der Waals surface area contributed by atoms with Crippen molar-refractivity contribution in [1.29, 1.82) is 0 Å². The lowest BCUT2D eigenvalue weighted by molar-refractivity contribution is 0.170. The first-order valence-electron chi connectivity index (χ1n) is 9.91. The van der Waals surface area contributed by atoms with Crippen LogP contribution in [0.1, 0.15) is 30.3 Å². The van der Waals surface area contributed by atoms with Crippen LogP contribution in [0.15, 0.2) is 47.0 Å². The third-order valence-electron chi connectivity index (χ3n) is 5.47. The lowest BCUT2D eigenvalue weighted by atomic mass is 10.0. The number of benzene rings is 2. The van der Waals surface area contributed by atoms with Gasteiger partial charge in [-0.15, -0.1) is 0 Å². The van der Waals surface area contributed by atoms with E-state index >= 15 is 0 Å². The third kappa shape index (κ3) is 3.53. The highest BCUT2D eigenvalue weighted by Gasteiger charge is 2.29. The van der Waals surface area contributed by atoms with Crippen molar-refractivity contribution in [3.63, 3.8) is 0 Å². The molecule has 2 aliphatic heterocycles. The van der Waals surface area contributed by atoms with Crippen molar-refractivity contribution in [2.75, 3.05) is 26.9 Å². The molecule has 0 radical (unpaired) electrons. The van der Waals surface area contributed by atoms with Gasteiger partial charge in [0, 0.05) is 6.04 Å². The standard InChI is InChI=1S/C22H23N3O4/c1-26-18-7-3-2-5-16(18)22-23-21(29-24-22)14-25-10-4-6-17(25)15-8-9-19-20(13-15)28-12-11-27-19/h2-3,5,7-9,13,17H,4,6,10-12,14H2,1H3. The molecule has 2 aliphatic rings. The van der Waals surface area contributed by atoms with Crippen LogP contribution in [0.25, 0.3) is 11.4 Å². The molecule has 0 saturated carbocycles. The molecule has 5 rings (SSSR count). The predicted molar refractivity (Wildman–Crippen MR) is 106 cm³/mol. The van der Waals surface area contributed by atoms with Gasteiger partial charge in [0.1, 0.15) is 19.0 Å². The highest BCUT2D eigenvalue weighted by atomic mass is 16.6. The average molecular weight is 393 g/mol. The Bertz CT molecular complexity index is 1000. The summed E-state index contributed by atoms with van der Waals surface area (Å²) in [5, 5.41) is 4.16. The van der Waals surface area contributed by atoms with Crippen molar-refractivity contribution in [3.05, 3.63) is 53.9 Å². The molecular weight excluding hydrogens is 370 g/mol. The summed E-state index contributed by atoms with van der Waals surface area (Å²) in [6.07, 6.45) is 2.22. The van der Waals surface area contributed by atoms with Crippen molar-refractivity contribution in [1.82, 2.24) is 15.0 Å². The maximum Gasteiger partial charge on any atom is 0.241 e. The van der Waals surface area contributed by atoms with Gasteiger partial charge in [0.25, 0.3) is 0 Å². The highest BCUT2D eigenvalue weighted by Crippen LogP contribution is 2.38. The van der Waals surface area contributed by atoms with Gasteiger partial charge in [-0.1, -0.05) is 23.4 Å². The van der Waals surface area contributed by atoms with Crippen LogP contribution in [-0.4, -0.2) is 41.9 Å². The van der Waals surface area contributed by atoms with Crippen LogP contribution in [0.3, 0.4) is 0 Å². The van der Waals surface area contributed by atoms with Gasteiger partial charge in [0.15, 0.2) is 11.5 Å². The molecule has 2 aromatic carbocycles. The second-order valence-corrected chi connectivity index (χ2v) is 7.24. The van der Waals surface area contributed by atoms with Gasteiger partial charge in [0.2, 0.25) is 11.7 Å². The largest absolute Gasteiger partial charge is 0.496 e. The number of ether oxygens (including phenoxy) is 3. The number of hydrogen-bond acceptors (Lipinski definition) is 7.